The molecule has 0 fully saturated rings. The average molecular weight is 353 g/mol. The Morgan fingerprint density at radius 1 is 1.00 bits per heavy atom. The van der Waals surface area contributed by atoms with E-state index in [1.807, 2.05) is 25.1 Å². The molecule has 1 N–H and O–H groups in total. The standard InChI is InChI=1S/C21H23NO4/c1-15-5-3-7-19(13-15)21(25)26-14-20(24)18-10-8-17(9-11-18)6-4-12-22-16(2)23/h3,5,7-11,13H,4,6,12,14H2,1-2H3,(H,22,23). The van der Waals surface area contributed by atoms with E-state index in [0.717, 1.165) is 24.0 Å². The molecule has 0 atom stereocenters. The van der Waals surface area contributed by atoms with Crippen LogP contribution in [0.25, 0.3) is 0 Å². The number of Topliss-reactive ketones (excluding diaryl/α,β-unsaturated/α-hetero) is 1. The summed E-state index contributed by atoms with van der Waals surface area (Å²) in [7, 11) is 0. The van der Waals surface area contributed by atoms with Gasteiger partial charge in [0.2, 0.25) is 5.91 Å². The number of ketones is 1. The number of hydrogen-bond acceptors (Lipinski definition) is 4. The van der Waals surface area contributed by atoms with Gasteiger partial charge >= 0.3 is 5.97 Å². The Balaban J connectivity index is 1.82. The lowest BCUT2D eigenvalue weighted by Crippen LogP contribution is -2.21. The van der Waals surface area contributed by atoms with Crippen LogP contribution in [0.15, 0.2) is 48.5 Å². The normalized spacial score (nSPS) is 10.2. The number of nitrogens with one attached hydrogen (secondary N) is 1. The van der Waals surface area contributed by atoms with Crippen molar-refractivity contribution in [1.82, 2.24) is 5.32 Å². The molecular formula is C21H23NO4. The van der Waals surface area contributed by atoms with Gasteiger partial charge in [-0.05, 0) is 37.5 Å². The molecule has 0 saturated carbocycles. The fourth-order valence-electron chi connectivity index (χ4n) is 2.48. The number of amides is 1. The van der Waals surface area contributed by atoms with Crippen LogP contribution in [-0.2, 0) is 16.0 Å². The number of esters is 1. The van der Waals surface area contributed by atoms with Crippen molar-refractivity contribution < 1.29 is 19.1 Å². The average Bonchev–Trinajstić information content (AvgIpc) is 2.63. The van der Waals surface area contributed by atoms with Crippen molar-refractivity contribution >= 4 is 17.7 Å². The van der Waals surface area contributed by atoms with Crippen LogP contribution in [0.3, 0.4) is 0 Å². The van der Waals surface area contributed by atoms with Gasteiger partial charge in [0.25, 0.3) is 0 Å². The van der Waals surface area contributed by atoms with Gasteiger partial charge in [0.15, 0.2) is 12.4 Å². The first-order valence-corrected chi connectivity index (χ1v) is 8.56. The van der Waals surface area contributed by atoms with Crippen LogP contribution in [0, 0.1) is 6.92 Å². The SMILES string of the molecule is CC(=O)NCCCc1ccc(C(=O)COC(=O)c2cccc(C)c2)cc1. The summed E-state index contributed by atoms with van der Waals surface area (Å²) < 4.78 is 5.10. The quantitative estimate of drug-likeness (QED) is 0.450. The summed E-state index contributed by atoms with van der Waals surface area (Å²) in [6.45, 7) is 3.73. The monoisotopic (exact) mass is 353 g/mol. The van der Waals surface area contributed by atoms with Crippen LogP contribution in [0.5, 0.6) is 0 Å². The van der Waals surface area contributed by atoms with E-state index in [0.29, 0.717) is 17.7 Å². The van der Waals surface area contributed by atoms with E-state index in [2.05, 4.69) is 5.32 Å². The summed E-state index contributed by atoms with van der Waals surface area (Å²) in [4.78, 5) is 35.0. The summed E-state index contributed by atoms with van der Waals surface area (Å²) in [6.07, 6.45) is 1.65. The Kier molecular flexibility index (Phi) is 7.09. The number of hydrogen-bond donors (Lipinski definition) is 1. The van der Waals surface area contributed by atoms with Crippen LogP contribution in [0.4, 0.5) is 0 Å². The van der Waals surface area contributed by atoms with E-state index in [4.69, 9.17) is 4.74 Å². The molecule has 5 nitrogen and oxygen atoms in total. The van der Waals surface area contributed by atoms with Crippen LogP contribution >= 0.6 is 0 Å². The number of aryl methyl sites for hydroxylation is 2. The van der Waals surface area contributed by atoms with Gasteiger partial charge in [-0.3, -0.25) is 9.59 Å². The minimum absolute atomic E-state index is 0.0360. The first-order valence-electron chi connectivity index (χ1n) is 8.56. The maximum absolute atomic E-state index is 12.2. The van der Waals surface area contributed by atoms with Crippen molar-refractivity contribution in [2.75, 3.05) is 13.2 Å². The second kappa shape index (κ2) is 9.51. The Bertz CT molecular complexity index is 781. The zero-order valence-electron chi connectivity index (χ0n) is 15.1. The number of rotatable bonds is 8. The van der Waals surface area contributed by atoms with E-state index in [9.17, 15) is 14.4 Å². The van der Waals surface area contributed by atoms with Crippen molar-refractivity contribution in [1.29, 1.82) is 0 Å². The summed E-state index contributed by atoms with van der Waals surface area (Å²) in [5, 5.41) is 2.75. The predicted octanol–water partition coefficient (Wildman–Crippen LogP) is 3.10. The number of carbonyl (C=O) groups is 3. The van der Waals surface area contributed by atoms with E-state index < -0.39 is 5.97 Å². The molecule has 0 aliphatic carbocycles. The predicted molar refractivity (Wildman–Crippen MR) is 99.2 cm³/mol. The van der Waals surface area contributed by atoms with E-state index in [1.165, 1.54) is 6.92 Å². The molecule has 26 heavy (non-hydrogen) atoms. The topological polar surface area (TPSA) is 72.5 Å². The first kappa shape index (κ1) is 19.4. The van der Waals surface area contributed by atoms with Crippen molar-refractivity contribution in [3.05, 3.63) is 70.8 Å². The minimum atomic E-state index is -0.503. The molecule has 0 bridgehead atoms. The highest BCUT2D eigenvalue weighted by atomic mass is 16.5. The molecule has 0 aromatic heterocycles. The molecular weight excluding hydrogens is 330 g/mol. The third kappa shape index (κ3) is 6.16. The third-order valence-corrected chi connectivity index (χ3v) is 3.88. The molecule has 136 valence electrons. The van der Waals surface area contributed by atoms with Crippen LogP contribution in [0.2, 0.25) is 0 Å². The maximum Gasteiger partial charge on any atom is 0.338 e. The van der Waals surface area contributed by atoms with Crippen LogP contribution in [-0.4, -0.2) is 30.8 Å². The Morgan fingerprint density at radius 2 is 1.73 bits per heavy atom. The van der Waals surface area contributed by atoms with Crippen LogP contribution in [0.1, 0.15) is 45.2 Å². The van der Waals surface area contributed by atoms with Crippen molar-refractivity contribution in [2.24, 2.45) is 0 Å². The third-order valence-electron chi connectivity index (χ3n) is 3.88. The largest absolute Gasteiger partial charge is 0.454 e. The molecule has 0 radical (unpaired) electrons. The van der Waals surface area contributed by atoms with Crippen molar-refractivity contribution in [2.45, 2.75) is 26.7 Å². The van der Waals surface area contributed by atoms with E-state index in [-0.39, 0.29) is 18.3 Å². The zero-order valence-corrected chi connectivity index (χ0v) is 15.1. The first-order chi connectivity index (χ1) is 12.5. The molecule has 0 saturated heterocycles. The lowest BCUT2D eigenvalue weighted by atomic mass is 10.1. The Morgan fingerprint density at radius 3 is 2.38 bits per heavy atom. The second-order valence-corrected chi connectivity index (χ2v) is 6.15. The van der Waals surface area contributed by atoms with Crippen molar-refractivity contribution in [3.63, 3.8) is 0 Å². The second-order valence-electron chi connectivity index (χ2n) is 6.15. The summed E-state index contributed by atoms with van der Waals surface area (Å²) in [6, 6.07) is 14.3. The van der Waals surface area contributed by atoms with Gasteiger partial charge in [0, 0.05) is 19.0 Å². The smallest absolute Gasteiger partial charge is 0.338 e. The van der Waals surface area contributed by atoms with Gasteiger partial charge in [0.1, 0.15) is 0 Å². The van der Waals surface area contributed by atoms with Gasteiger partial charge in [0.05, 0.1) is 5.56 Å². The summed E-state index contributed by atoms with van der Waals surface area (Å²) in [5.41, 5.74) is 2.99. The summed E-state index contributed by atoms with van der Waals surface area (Å²) >= 11 is 0. The van der Waals surface area contributed by atoms with Gasteiger partial charge in [-0.15, -0.1) is 0 Å². The molecule has 2 rings (SSSR count). The minimum Gasteiger partial charge on any atom is -0.454 e. The molecule has 0 aliphatic rings. The molecule has 1 amide bonds. The molecule has 2 aromatic rings. The van der Waals surface area contributed by atoms with E-state index >= 15 is 0 Å². The molecule has 0 spiro atoms. The van der Waals surface area contributed by atoms with Gasteiger partial charge in [-0.25, -0.2) is 4.79 Å². The van der Waals surface area contributed by atoms with Crippen LogP contribution < -0.4 is 5.32 Å². The molecule has 0 unspecified atom stereocenters. The Hall–Kier alpha value is -2.95. The summed E-state index contributed by atoms with van der Waals surface area (Å²) in [5.74, 6) is -0.779. The van der Waals surface area contributed by atoms with Gasteiger partial charge in [-0.2, -0.15) is 0 Å². The number of ether oxygens (including phenoxy) is 1. The van der Waals surface area contributed by atoms with E-state index in [1.54, 1.807) is 30.3 Å². The Labute approximate surface area is 153 Å². The lowest BCUT2D eigenvalue weighted by molar-refractivity contribution is -0.118. The fraction of sp³-hybridized carbons (Fsp3) is 0.286. The fourth-order valence-corrected chi connectivity index (χ4v) is 2.48. The highest BCUT2D eigenvalue weighted by Crippen LogP contribution is 2.09. The lowest BCUT2D eigenvalue weighted by Gasteiger charge is -2.06. The molecule has 2 aromatic carbocycles. The van der Waals surface area contributed by atoms with Crippen molar-refractivity contribution in [3.8, 4) is 0 Å². The number of carbonyl (C=O) groups excluding carboxylic acids is 3. The highest BCUT2D eigenvalue weighted by Gasteiger charge is 2.12. The molecule has 5 heteroatoms. The zero-order chi connectivity index (χ0) is 18.9. The number of benzene rings is 2. The highest BCUT2D eigenvalue weighted by molar-refractivity contribution is 5.99. The molecule has 0 heterocycles. The molecule has 0 aliphatic heterocycles. The van der Waals surface area contributed by atoms with Gasteiger partial charge < -0.3 is 10.1 Å². The maximum atomic E-state index is 12.2. The van der Waals surface area contributed by atoms with Gasteiger partial charge in [-0.1, -0.05) is 42.0 Å².